The van der Waals surface area contributed by atoms with Crippen molar-refractivity contribution in [1.29, 1.82) is 0 Å². The van der Waals surface area contributed by atoms with Gasteiger partial charge in [-0.25, -0.2) is 0 Å². The highest BCUT2D eigenvalue weighted by Gasteiger charge is 2.52. The molecule has 64 valence electrons. The fourth-order valence-electron chi connectivity index (χ4n) is 1.71. The van der Waals surface area contributed by atoms with Gasteiger partial charge in [-0.1, -0.05) is 0 Å². The van der Waals surface area contributed by atoms with Gasteiger partial charge in [0.15, 0.2) is 0 Å². The van der Waals surface area contributed by atoms with Gasteiger partial charge in [-0.15, -0.1) is 5.10 Å². The summed E-state index contributed by atoms with van der Waals surface area (Å²) < 4.78 is -0.0278. The Morgan fingerprint density at radius 1 is 1.42 bits per heavy atom. The lowest BCUT2D eigenvalue weighted by molar-refractivity contribution is -0.828. The maximum Gasteiger partial charge on any atom is 0.787 e. The number of rotatable bonds is 2. The van der Waals surface area contributed by atoms with Crippen LogP contribution in [0.25, 0.3) is 0 Å². The number of hydrogen-bond donors (Lipinski definition) is 2. The first-order valence-corrected chi connectivity index (χ1v) is 4.23. The molecule has 4 nitrogen and oxygen atoms in total. The zero-order valence-electron chi connectivity index (χ0n) is 6.80. The van der Waals surface area contributed by atoms with Crippen molar-refractivity contribution in [2.75, 3.05) is 0 Å². The highest BCUT2D eigenvalue weighted by atomic mass is 16.4. The maximum atomic E-state index is 9.20. The molecule has 1 aliphatic carbocycles. The van der Waals surface area contributed by atoms with Gasteiger partial charge in [-0.3, -0.25) is 0 Å². The highest BCUT2D eigenvalue weighted by Crippen LogP contribution is 2.34. The molecule has 1 saturated carbocycles. The standard InChI is InChI=1S/C7H12BN2O2/c11-8(12)10(6-2-5-9-10)7-3-1-4-7/h2,5-7,11-12H,1,3-4H2/q+1. The Morgan fingerprint density at radius 3 is 2.50 bits per heavy atom. The lowest BCUT2D eigenvalue weighted by Crippen LogP contribution is -2.58. The molecule has 1 fully saturated rings. The average Bonchev–Trinajstić information content (AvgIpc) is 2.33. The molecule has 0 radical (unpaired) electrons. The Bertz CT molecular complexity index is 224. The second kappa shape index (κ2) is 2.69. The third kappa shape index (κ3) is 0.940. The minimum atomic E-state index is -1.41. The molecule has 0 bridgehead atoms. The summed E-state index contributed by atoms with van der Waals surface area (Å²) in [7, 11) is -1.41. The molecule has 0 aromatic carbocycles. The predicted molar refractivity (Wildman–Crippen MR) is 45.7 cm³/mol. The minimum Gasteiger partial charge on any atom is -0.368 e. The molecule has 1 atom stereocenters. The zero-order chi connectivity index (χ0) is 8.60. The fraction of sp³-hybridized carbons (Fsp3) is 0.571. The molecular formula is C7H12BN2O2+. The Morgan fingerprint density at radius 2 is 2.17 bits per heavy atom. The number of nitrogens with zero attached hydrogens (tertiary/aromatic N) is 2. The number of hydrogen-bond acceptors (Lipinski definition) is 3. The van der Waals surface area contributed by atoms with Crippen molar-refractivity contribution in [2.45, 2.75) is 25.3 Å². The van der Waals surface area contributed by atoms with E-state index in [4.69, 9.17) is 0 Å². The van der Waals surface area contributed by atoms with Gasteiger partial charge < -0.3 is 10.0 Å². The molecule has 12 heavy (non-hydrogen) atoms. The SMILES string of the molecule is OB(O)[N+]1(C2CCC2)C=CC=N1. The van der Waals surface area contributed by atoms with Crippen LogP contribution in [0, 0.1) is 0 Å². The lowest BCUT2D eigenvalue weighted by Gasteiger charge is -2.38. The molecule has 1 heterocycles. The smallest absolute Gasteiger partial charge is 0.368 e. The zero-order valence-corrected chi connectivity index (χ0v) is 6.80. The van der Waals surface area contributed by atoms with Crippen LogP contribution >= 0.6 is 0 Å². The van der Waals surface area contributed by atoms with E-state index in [2.05, 4.69) is 5.10 Å². The Hall–Kier alpha value is -0.645. The van der Waals surface area contributed by atoms with Gasteiger partial charge in [-0.2, -0.15) is 4.50 Å². The topological polar surface area (TPSA) is 52.8 Å². The lowest BCUT2D eigenvalue weighted by atomic mass is 9.85. The third-order valence-corrected chi connectivity index (χ3v) is 2.71. The van der Waals surface area contributed by atoms with Crippen molar-refractivity contribution in [3.05, 3.63) is 12.3 Å². The average molecular weight is 167 g/mol. The molecule has 1 aliphatic heterocycles. The normalized spacial score (nSPS) is 33.8. The van der Waals surface area contributed by atoms with Gasteiger partial charge in [0.2, 0.25) is 0 Å². The molecule has 0 aromatic heterocycles. The highest BCUT2D eigenvalue weighted by molar-refractivity contribution is 6.32. The fourth-order valence-corrected chi connectivity index (χ4v) is 1.71. The van der Waals surface area contributed by atoms with E-state index in [0.29, 0.717) is 0 Å². The number of quaternary nitrogens is 1. The van der Waals surface area contributed by atoms with E-state index in [1.165, 1.54) is 6.42 Å². The molecule has 0 amide bonds. The largest absolute Gasteiger partial charge is 0.787 e. The predicted octanol–water partition coefficient (Wildman–Crippen LogP) is -0.162. The Balaban J connectivity index is 2.21. The van der Waals surface area contributed by atoms with Crippen LogP contribution in [0.2, 0.25) is 0 Å². The van der Waals surface area contributed by atoms with Crippen LogP contribution in [0.4, 0.5) is 0 Å². The van der Waals surface area contributed by atoms with E-state index in [1.54, 1.807) is 18.5 Å². The van der Waals surface area contributed by atoms with Crippen LogP contribution in [0.5, 0.6) is 0 Å². The van der Waals surface area contributed by atoms with E-state index < -0.39 is 7.25 Å². The first-order chi connectivity index (χ1) is 5.76. The maximum absolute atomic E-state index is 9.20. The van der Waals surface area contributed by atoms with Crippen molar-refractivity contribution in [1.82, 2.24) is 0 Å². The summed E-state index contributed by atoms with van der Waals surface area (Å²) in [5.74, 6) is 0. The number of allylic oxidation sites excluding steroid dienone is 1. The monoisotopic (exact) mass is 167 g/mol. The van der Waals surface area contributed by atoms with Gasteiger partial charge in [0.25, 0.3) is 0 Å². The van der Waals surface area contributed by atoms with E-state index >= 15 is 0 Å². The van der Waals surface area contributed by atoms with Crippen molar-refractivity contribution in [2.24, 2.45) is 5.10 Å². The molecule has 0 spiro atoms. The molecule has 0 saturated heterocycles. The molecule has 2 rings (SSSR count). The van der Waals surface area contributed by atoms with E-state index in [-0.39, 0.29) is 10.5 Å². The first-order valence-electron chi connectivity index (χ1n) is 4.23. The molecular weight excluding hydrogens is 155 g/mol. The van der Waals surface area contributed by atoms with E-state index in [9.17, 15) is 10.0 Å². The van der Waals surface area contributed by atoms with Crippen molar-refractivity contribution in [3.8, 4) is 0 Å². The van der Waals surface area contributed by atoms with Crippen LogP contribution in [0.1, 0.15) is 19.3 Å². The van der Waals surface area contributed by atoms with Crippen LogP contribution in [0.15, 0.2) is 17.4 Å². The molecule has 2 aliphatic rings. The summed E-state index contributed by atoms with van der Waals surface area (Å²) in [5.41, 5.74) is 0. The molecule has 5 heteroatoms. The quantitative estimate of drug-likeness (QED) is 0.561. The van der Waals surface area contributed by atoms with E-state index in [1.807, 2.05) is 0 Å². The summed E-state index contributed by atoms with van der Waals surface area (Å²) in [6, 6.07) is 0.264. The minimum absolute atomic E-state index is 0.0278. The van der Waals surface area contributed by atoms with Crippen LogP contribution in [-0.4, -0.2) is 34.1 Å². The molecule has 0 aromatic rings. The second-order valence-electron chi connectivity index (χ2n) is 3.33. The molecule has 1 unspecified atom stereocenters. The summed E-state index contributed by atoms with van der Waals surface area (Å²) in [6.45, 7) is 0. The van der Waals surface area contributed by atoms with Gasteiger partial charge in [0.1, 0.15) is 12.2 Å². The summed E-state index contributed by atoms with van der Waals surface area (Å²) in [4.78, 5) is 0. The van der Waals surface area contributed by atoms with Gasteiger partial charge in [0.05, 0.1) is 6.21 Å². The van der Waals surface area contributed by atoms with Crippen LogP contribution in [-0.2, 0) is 0 Å². The summed E-state index contributed by atoms with van der Waals surface area (Å²) >= 11 is 0. The van der Waals surface area contributed by atoms with Gasteiger partial charge >= 0.3 is 7.25 Å². The second-order valence-corrected chi connectivity index (χ2v) is 3.33. The van der Waals surface area contributed by atoms with E-state index in [0.717, 1.165) is 12.8 Å². The van der Waals surface area contributed by atoms with Crippen molar-refractivity contribution < 1.29 is 14.6 Å². The molecule has 2 N–H and O–H groups in total. The van der Waals surface area contributed by atoms with Crippen molar-refractivity contribution >= 4 is 13.5 Å². The Labute approximate surface area is 71.6 Å². The third-order valence-electron chi connectivity index (χ3n) is 2.71. The van der Waals surface area contributed by atoms with Gasteiger partial charge in [0, 0.05) is 18.9 Å². The summed E-state index contributed by atoms with van der Waals surface area (Å²) in [5, 5.41) is 22.5. The van der Waals surface area contributed by atoms with Gasteiger partial charge in [-0.05, 0) is 6.42 Å². The van der Waals surface area contributed by atoms with Crippen LogP contribution < -0.4 is 0 Å². The summed E-state index contributed by atoms with van der Waals surface area (Å²) in [6.07, 6.45) is 8.35. The van der Waals surface area contributed by atoms with Crippen LogP contribution in [0.3, 0.4) is 0 Å². The first kappa shape index (κ1) is 7.98. The Kier molecular flexibility index (Phi) is 1.79. The van der Waals surface area contributed by atoms with Crippen molar-refractivity contribution in [3.63, 3.8) is 0 Å².